The van der Waals surface area contributed by atoms with Gasteiger partial charge in [0.2, 0.25) is 11.9 Å². The lowest BCUT2D eigenvalue weighted by Gasteiger charge is -2.28. The van der Waals surface area contributed by atoms with Gasteiger partial charge in [0.25, 0.3) is 0 Å². The molecule has 1 N–H and O–H groups in total. The maximum absolute atomic E-state index is 12.3. The molecule has 1 aromatic heterocycles. The summed E-state index contributed by atoms with van der Waals surface area (Å²) < 4.78 is 7.58. The Bertz CT molecular complexity index is 787. The van der Waals surface area contributed by atoms with Crippen LogP contribution in [-0.2, 0) is 16.1 Å². The number of carbonyl (C=O) groups is 1. The largest absolute Gasteiger partial charge is 0.378 e. The molecule has 28 heavy (non-hydrogen) atoms. The second-order valence-electron chi connectivity index (χ2n) is 7.44. The van der Waals surface area contributed by atoms with Crippen LogP contribution in [0.3, 0.4) is 0 Å². The van der Waals surface area contributed by atoms with Gasteiger partial charge in [0.15, 0.2) is 5.16 Å². The van der Waals surface area contributed by atoms with Gasteiger partial charge >= 0.3 is 0 Å². The molecule has 1 aliphatic heterocycles. The number of nitrogens with one attached hydrogen (secondary N) is 1. The fourth-order valence-corrected chi connectivity index (χ4v) is 4.17. The average Bonchev–Trinajstić information content (AvgIpc) is 3.50. The van der Waals surface area contributed by atoms with Crippen molar-refractivity contribution in [3.05, 3.63) is 35.9 Å². The van der Waals surface area contributed by atoms with Crippen LogP contribution in [0.2, 0.25) is 0 Å². The monoisotopic (exact) mass is 401 g/mol. The Morgan fingerprint density at radius 3 is 2.71 bits per heavy atom. The molecular weight excluding hydrogens is 374 g/mol. The number of nitrogens with zero attached hydrogens (tertiary/aromatic N) is 4. The fraction of sp³-hybridized carbons (Fsp3) is 0.550. The number of hydrogen-bond acceptors (Lipinski definition) is 6. The molecule has 2 aliphatic rings. The number of anilines is 1. The number of hydrogen-bond donors (Lipinski definition) is 1. The number of benzene rings is 1. The highest BCUT2D eigenvalue weighted by atomic mass is 32.2. The summed E-state index contributed by atoms with van der Waals surface area (Å²) in [4.78, 5) is 14.5. The number of morpholine rings is 1. The minimum absolute atomic E-state index is 0.0617. The summed E-state index contributed by atoms with van der Waals surface area (Å²) >= 11 is 1.45. The number of amides is 1. The highest BCUT2D eigenvalue weighted by Crippen LogP contribution is 2.32. The Kier molecular flexibility index (Phi) is 6.17. The first-order valence-electron chi connectivity index (χ1n) is 9.92. The van der Waals surface area contributed by atoms with Crippen molar-refractivity contribution >= 4 is 23.6 Å². The van der Waals surface area contributed by atoms with Crippen LogP contribution in [0.25, 0.3) is 0 Å². The van der Waals surface area contributed by atoms with Gasteiger partial charge in [0.1, 0.15) is 0 Å². The zero-order chi connectivity index (χ0) is 19.3. The number of carbonyl (C=O) groups excluding carboxylic acids is 1. The van der Waals surface area contributed by atoms with Gasteiger partial charge in [-0.3, -0.25) is 9.36 Å². The second kappa shape index (κ2) is 8.96. The van der Waals surface area contributed by atoms with Crippen molar-refractivity contribution < 1.29 is 9.53 Å². The standard InChI is InChI=1S/C20H27N5O2S/c1-15(17-7-8-17)21-18(26)14-28-20-23-22-19(24-9-11-27-12-10-24)25(20)13-16-5-3-2-4-6-16/h2-6,15,17H,7-14H2,1H3,(H,21,26)/t15-/m0/s1. The van der Waals surface area contributed by atoms with E-state index in [0.717, 1.165) is 24.2 Å². The van der Waals surface area contributed by atoms with Crippen molar-refractivity contribution in [3.8, 4) is 0 Å². The van der Waals surface area contributed by atoms with Crippen molar-refractivity contribution in [1.82, 2.24) is 20.1 Å². The van der Waals surface area contributed by atoms with Crippen LogP contribution in [0.4, 0.5) is 5.95 Å². The smallest absolute Gasteiger partial charge is 0.230 e. The molecule has 1 aromatic carbocycles. The minimum Gasteiger partial charge on any atom is -0.378 e. The first kappa shape index (κ1) is 19.3. The van der Waals surface area contributed by atoms with Crippen LogP contribution in [0.5, 0.6) is 0 Å². The zero-order valence-electron chi connectivity index (χ0n) is 16.2. The molecule has 8 heteroatoms. The van der Waals surface area contributed by atoms with E-state index < -0.39 is 0 Å². The van der Waals surface area contributed by atoms with Crippen LogP contribution in [-0.4, -0.2) is 58.8 Å². The predicted octanol–water partition coefficient (Wildman–Crippen LogP) is 2.17. The van der Waals surface area contributed by atoms with Gasteiger partial charge < -0.3 is 15.0 Å². The van der Waals surface area contributed by atoms with Crippen molar-refractivity contribution in [2.45, 2.75) is 37.5 Å². The Morgan fingerprint density at radius 1 is 1.25 bits per heavy atom. The molecule has 0 spiro atoms. The van der Waals surface area contributed by atoms with Gasteiger partial charge in [-0.2, -0.15) is 0 Å². The first-order chi connectivity index (χ1) is 13.7. The molecular formula is C20H27N5O2S. The Balaban J connectivity index is 1.47. The lowest BCUT2D eigenvalue weighted by molar-refractivity contribution is -0.119. The van der Waals surface area contributed by atoms with Gasteiger partial charge in [0.05, 0.1) is 25.5 Å². The van der Waals surface area contributed by atoms with Gasteiger partial charge in [-0.05, 0) is 31.2 Å². The lowest BCUT2D eigenvalue weighted by Crippen LogP contribution is -2.38. The lowest BCUT2D eigenvalue weighted by atomic mass is 10.2. The maximum atomic E-state index is 12.3. The maximum Gasteiger partial charge on any atom is 0.230 e. The SMILES string of the molecule is C[C@H](NC(=O)CSc1nnc(N2CCOCC2)n1Cc1ccccc1)C1CC1. The molecule has 0 unspecified atom stereocenters. The summed E-state index contributed by atoms with van der Waals surface area (Å²) in [5.41, 5.74) is 1.19. The summed E-state index contributed by atoms with van der Waals surface area (Å²) in [5, 5.41) is 12.7. The van der Waals surface area contributed by atoms with E-state index in [4.69, 9.17) is 4.74 Å². The molecule has 1 saturated heterocycles. The predicted molar refractivity (Wildman–Crippen MR) is 110 cm³/mol. The number of rotatable bonds is 8. The van der Waals surface area contributed by atoms with E-state index in [1.165, 1.54) is 30.2 Å². The third kappa shape index (κ3) is 4.86. The van der Waals surface area contributed by atoms with E-state index in [9.17, 15) is 4.79 Å². The molecule has 1 atom stereocenters. The quantitative estimate of drug-likeness (QED) is 0.684. The van der Waals surface area contributed by atoms with Crippen LogP contribution in [0.1, 0.15) is 25.3 Å². The molecule has 0 radical (unpaired) electrons. The molecule has 1 saturated carbocycles. The summed E-state index contributed by atoms with van der Waals surface area (Å²) in [6.45, 7) is 5.77. The number of ether oxygens (including phenoxy) is 1. The highest BCUT2D eigenvalue weighted by Gasteiger charge is 2.29. The molecule has 1 aliphatic carbocycles. The van der Waals surface area contributed by atoms with E-state index in [2.05, 4.69) is 44.0 Å². The molecule has 2 aromatic rings. The van der Waals surface area contributed by atoms with Gasteiger partial charge in [-0.15, -0.1) is 10.2 Å². The van der Waals surface area contributed by atoms with E-state index in [1.54, 1.807) is 0 Å². The van der Waals surface area contributed by atoms with Crippen molar-refractivity contribution in [2.75, 3.05) is 37.0 Å². The molecule has 0 bridgehead atoms. The van der Waals surface area contributed by atoms with Crippen molar-refractivity contribution in [3.63, 3.8) is 0 Å². The van der Waals surface area contributed by atoms with Gasteiger partial charge in [-0.1, -0.05) is 42.1 Å². The van der Waals surface area contributed by atoms with E-state index in [1.807, 2.05) is 18.2 Å². The molecule has 4 rings (SSSR count). The normalized spacial score (nSPS) is 18.1. The Labute approximate surface area is 169 Å². The summed E-state index contributed by atoms with van der Waals surface area (Å²) in [6, 6.07) is 10.5. The third-order valence-corrected chi connectivity index (χ3v) is 6.19. The van der Waals surface area contributed by atoms with Crippen molar-refractivity contribution in [1.29, 1.82) is 0 Å². The Hall–Kier alpha value is -2.06. The molecule has 7 nitrogen and oxygen atoms in total. The van der Waals surface area contributed by atoms with E-state index in [-0.39, 0.29) is 11.9 Å². The summed E-state index contributed by atoms with van der Waals surface area (Å²) in [5.74, 6) is 1.92. The fourth-order valence-electron chi connectivity index (χ4n) is 3.43. The molecule has 1 amide bonds. The summed E-state index contributed by atoms with van der Waals surface area (Å²) in [7, 11) is 0. The van der Waals surface area contributed by atoms with Crippen LogP contribution in [0.15, 0.2) is 35.5 Å². The second-order valence-corrected chi connectivity index (χ2v) is 8.38. The van der Waals surface area contributed by atoms with Crippen LogP contribution < -0.4 is 10.2 Å². The van der Waals surface area contributed by atoms with E-state index in [0.29, 0.717) is 31.4 Å². The third-order valence-electron chi connectivity index (χ3n) is 5.22. The average molecular weight is 402 g/mol. The minimum atomic E-state index is 0.0617. The highest BCUT2D eigenvalue weighted by molar-refractivity contribution is 7.99. The van der Waals surface area contributed by atoms with Crippen LogP contribution in [0, 0.1) is 5.92 Å². The van der Waals surface area contributed by atoms with Gasteiger partial charge in [0, 0.05) is 19.1 Å². The van der Waals surface area contributed by atoms with Crippen molar-refractivity contribution in [2.24, 2.45) is 5.92 Å². The first-order valence-corrected chi connectivity index (χ1v) is 10.9. The number of aromatic nitrogens is 3. The molecule has 2 heterocycles. The number of thioether (sulfide) groups is 1. The Morgan fingerprint density at radius 2 is 2.00 bits per heavy atom. The molecule has 150 valence electrons. The van der Waals surface area contributed by atoms with Gasteiger partial charge in [-0.25, -0.2) is 0 Å². The van der Waals surface area contributed by atoms with Crippen LogP contribution >= 0.6 is 11.8 Å². The molecule has 2 fully saturated rings. The summed E-state index contributed by atoms with van der Waals surface area (Å²) in [6.07, 6.45) is 2.45. The van der Waals surface area contributed by atoms with E-state index >= 15 is 0 Å². The topological polar surface area (TPSA) is 72.3 Å². The zero-order valence-corrected chi connectivity index (χ0v) is 17.0.